The number of nitrogens with zero attached hydrogens (tertiary/aromatic N) is 4. The molecule has 0 saturated carbocycles. The van der Waals surface area contributed by atoms with Gasteiger partial charge in [0.1, 0.15) is 5.82 Å². The highest BCUT2D eigenvalue weighted by atomic mass is 16.4. The highest BCUT2D eigenvalue weighted by molar-refractivity contribution is 5.52. The minimum absolute atomic E-state index is 0.410. The van der Waals surface area contributed by atoms with Gasteiger partial charge in [0.15, 0.2) is 0 Å². The van der Waals surface area contributed by atoms with Gasteiger partial charge in [0, 0.05) is 36.6 Å². The van der Waals surface area contributed by atoms with E-state index in [9.17, 15) is 0 Å². The molecule has 32 heavy (non-hydrogen) atoms. The van der Waals surface area contributed by atoms with Crippen LogP contribution in [0.3, 0.4) is 0 Å². The Bertz CT molecular complexity index is 1150. The van der Waals surface area contributed by atoms with E-state index in [0.29, 0.717) is 11.3 Å². The van der Waals surface area contributed by atoms with Crippen molar-refractivity contribution >= 4 is 11.5 Å². The molecule has 1 aliphatic heterocycles. The fraction of sp³-hybridized carbons (Fsp3) is 0.269. The maximum absolute atomic E-state index is 5.88. The van der Waals surface area contributed by atoms with Crippen LogP contribution in [0, 0.1) is 0 Å². The maximum Gasteiger partial charge on any atom is 0.247 e. The van der Waals surface area contributed by atoms with Gasteiger partial charge in [-0.1, -0.05) is 42.5 Å². The van der Waals surface area contributed by atoms with Crippen molar-refractivity contribution in [2.45, 2.75) is 31.1 Å². The van der Waals surface area contributed by atoms with E-state index in [1.807, 2.05) is 42.5 Å². The van der Waals surface area contributed by atoms with Gasteiger partial charge in [0.2, 0.25) is 12.3 Å². The molecule has 2 aromatic heterocycles. The summed E-state index contributed by atoms with van der Waals surface area (Å²) in [5, 5.41) is 7.35. The van der Waals surface area contributed by atoms with Gasteiger partial charge < -0.3 is 15.1 Å². The lowest BCUT2D eigenvalue weighted by molar-refractivity contribution is 0.329. The fourth-order valence-corrected chi connectivity index (χ4v) is 4.93. The molecule has 6 rings (SSSR count). The zero-order chi connectivity index (χ0) is 21.8. The first kappa shape index (κ1) is 20.2. The largest absolute Gasteiger partial charge is 0.423 e. The van der Waals surface area contributed by atoms with Gasteiger partial charge in [-0.2, -0.15) is 0 Å². The number of fused-ring (bicyclic) bond motifs is 2. The Hall–Kier alpha value is -3.67. The molecule has 0 unspecified atom stereocenters. The van der Waals surface area contributed by atoms with Gasteiger partial charge in [-0.25, -0.2) is 4.98 Å². The summed E-state index contributed by atoms with van der Waals surface area (Å²) in [6.07, 6.45) is 8.13. The number of rotatable bonds is 2. The van der Waals surface area contributed by atoms with Crippen LogP contribution in [0.5, 0.6) is 0 Å². The first-order valence-electron chi connectivity index (χ1n) is 11.1. The number of nitrogens with two attached hydrogens (primary N) is 1. The first-order valence-corrected chi connectivity index (χ1v) is 11.1. The van der Waals surface area contributed by atoms with E-state index >= 15 is 0 Å². The molecule has 1 aliphatic carbocycles. The van der Waals surface area contributed by atoms with E-state index in [2.05, 4.69) is 44.3 Å². The number of benzene rings is 2. The highest BCUT2D eigenvalue weighted by Gasteiger charge is 2.41. The van der Waals surface area contributed by atoms with Crippen LogP contribution in [-0.2, 0) is 11.8 Å². The van der Waals surface area contributed by atoms with E-state index in [0.717, 1.165) is 30.2 Å². The number of nitrogen functional groups attached to an aromatic ring is 1. The van der Waals surface area contributed by atoms with Crippen LogP contribution in [0.15, 0.2) is 83.7 Å². The van der Waals surface area contributed by atoms with Gasteiger partial charge in [0.05, 0.1) is 0 Å². The molecule has 2 aromatic carbocycles. The summed E-state index contributed by atoms with van der Waals surface area (Å²) in [6.45, 7) is 2.15. The number of piperidine rings is 1. The van der Waals surface area contributed by atoms with Crippen molar-refractivity contribution in [1.29, 1.82) is 0 Å². The third-order valence-electron chi connectivity index (χ3n) is 6.66. The average Bonchev–Trinajstić information content (AvgIpc) is 3.51. The molecule has 0 radical (unpaired) electrons. The Morgan fingerprint density at radius 1 is 0.906 bits per heavy atom. The second-order valence-corrected chi connectivity index (χ2v) is 8.48. The first-order chi connectivity index (χ1) is 15.7. The molecule has 2 N–H and O–H groups in total. The van der Waals surface area contributed by atoms with Crippen molar-refractivity contribution < 1.29 is 4.42 Å². The zero-order valence-electron chi connectivity index (χ0n) is 18.0. The van der Waals surface area contributed by atoms with E-state index in [4.69, 9.17) is 10.2 Å². The number of pyridine rings is 1. The summed E-state index contributed by atoms with van der Waals surface area (Å²) in [5.41, 5.74) is 11.2. The topological polar surface area (TPSA) is 81.1 Å². The predicted molar refractivity (Wildman–Crippen MR) is 126 cm³/mol. The second kappa shape index (κ2) is 8.83. The zero-order valence-corrected chi connectivity index (χ0v) is 18.0. The Morgan fingerprint density at radius 2 is 1.69 bits per heavy atom. The van der Waals surface area contributed by atoms with Crippen LogP contribution in [0.2, 0.25) is 0 Å². The smallest absolute Gasteiger partial charge is 0.247 e. The quantitative estimate of drug-likeness (QED) is 0.493. The summed E-state index contributed by atoms with van der Waals surface area (Å²) in [7, 11) is 0. The Morgan fingerprint density at radius 3 is 2.44 bits per heavy atom. The van der Waals surface area contributed by atoms with Crippen LogP contribution < -0.4 is 10.6 Å². The van der Waals surface area contributed by atoms with Crippen molar-refractivity contribution in [2.24, 2.45) is 0 Å². The molecular weight excluding hydrogens is 398 g/mol. The van der Waals surface area contributed by atoms with Crippen LogP contribution >= 0.6 is 0 Å². The molecule has 2 aliphatic rings. The normalized spacial score (nSPS) is 16.3. The predicted octanol–water partition coefficient (Wildman–Crippen LogP) is 4.88. The Balaban J connectivity index is 0.000000165. The number of aryl methyl sites for hydroxylation is 1. The average molecular weight is 426 g/mol. The molecule has 1 spiro atoms. The minimum Gasteiger partial charge on any atom is -0.423 e. The molecule has 0 atom stereocenters. The van der Waals surface area contributed by atoms with Crippen molar-refractivity contribution in [2.75, 3.05) is 23.7 Å². The van der Waals surface area contributed by atoms with Crippen molar-refractivity contribution in [3.8, 4) is 11.5 Å². The molecule has 6 heteroatoms. The van der Waals surface area contributed by atoms with E-state index in [1.165, 1.54) is 32.1 Å². The molecule has 4 aromatic rings. The molecule has 1 fully saturated rings. The standard InChI is InChI=1S/C18H21N3.C8H6N2O/c19-15-6-10-20-17(13-15)21-11-8-18(9-12-21)7-5-14-3-1-2-4-16(14)18;1-2-4-7(5-3-1)8-10-9-6-11-8/h1-4,6,10,13H,5,7-9,11-12H2,(H2,19,20);1-6H. The molecule has 162 valence electrons. The third kappa shape index (κ3) is 4.08. The Kier molecular flexibility index (Phi) is 5.58. The van der Waals surface area contributed by atoms with Crippen LogP contribution in [0.1, 0.15) is 30.4 Å². The SMILES string of the molecule is Nc1ccnc(N2CCC3(CCc4ccccc43)CC2)c1.c1ccc(-c2nnco2)cc1. The summed E-state index contributed by atoms with van der Waals surface area (Å²) in [4.78, 5) is 6.85. The number of hydrogen-bond acceptors (Lipinski definition) is 6. The lowest BCUT2D eigenvalue weighted by atomic mass is 9.74. The lowest BCUT2D eigenvalue weighted by Gasteiger charge is -2.40. The van der Waals surface area contributed by atoms with Gasteiger partial charge in [-0.05, 0) is 60.4 Å². The Labute approximate surface area is 188 Å². The van der Waals surface area contributed by atoms with Crippen LogP contribution in [0.4, 0.5) is 11.5 Å². The molecule has 0 bridgehead atoms. The molecule has 6 nitrogen and oxygen atoms in total. The van der Waals surface area contributed by atoms with Crippen molar-refractivity contribution in [3.63, 3.8) is 0 Å². The van der Waals surface area contributed by atoms with Crippen molar-refractivity contribution in [3.05, 3.63) is 90.4 Å². The number of aromatic nitrogens is 3. The summed E-state index contributed by atoms with van der Waals surface area (Å²) >= 11 is 0. The van der Waals surface area contributed by atoms with Gasteiger partial charge in [-0.3, -0.25) is 0 Å². The van der Waals surface area contributed by atoms with Crippen LogP contribution in [0.25, 0.3) is 11.5 Å². The molecule has 0 amide bonds. The van der Waals surface area contributed by atoms with Crippen molar-refractivity contribution in [1.82, 2.24) is 15.2 Å². The molecule has 1 saturated heterocycles. The van der Waals surface area contributed by atoms with E-state index in [1.54, 1.807) is 17.3 Å². The molecule has 3 heterocycles. The second-order valence-electron chi connectivity index (χ2n) is 8.48. The summed E-state index contributed by atoms with van der Waals surface area (Å²) < 4.78 is 5.00. The van der Waals surface area contributed by atoms with Gasteiger partial charge in [-0.15, -0.1) is 10.2 Å². The summed E-state index contributed by atoms with van der Waals surface area (Å²) in [5.74, 6) is 1.58. The van der Waals surface area contributed by atoms with Crippen LogP contribution in [-0.4, -0.2) is 28.3 Å². The van der Waals surface area contributed by atoms with Gasteiger partial charge in [0.25, 0.3) is 0 Å². The monoisotopic (exact) mass is 425 g/mol. The van der Waals surface area contributed by atoms with Gasteiger partial charge >= 0.3 is 0 Å². The third-order valence-corrected chi connectivity index (χ3v) is 6.66. The number of hydrogen-bond donors (Lipinski definition) is 1. The molecular formula is C26H27N5O. The van der Waals surface area contributed by atoms with E-state index in [-0.39, 0.29) is 0 Å². The lowest BCUT2D eigenvalue weighted by Crippen LogP contribution is -2.41. The maximum atomic E-state index is 5.88. The fourth-order valence-electron chi connectivity index (χ4n) is 4.93. The number of anilines is 2. The minimum atomic E-state index is 0.410. The summed E-state index contributed by atoms with van der Waals surface area (Å²) in [6, 6.07) is 22.5. The van der Waals surface area contributed by atoms with E-state index < -0.39 is 0 Å². The highest BCUT2D eigenvalue weighted by Crippen LogP contribution is 2.46.